The van der Waals surface area contributed by atoms with Crippen molar-refractivity contribution in [2.45, 2.75) is 46.3 Å². The highest BCUT2D eigenvalue weighted by Crippen LogP contribution is 2.23. The third kappa shape index (κ3) is 3.09. The van der Waals surface area contributed by atoms with Crippen LogP contribution in [0.5, 0.6) is 0 Å². The third-order valence-corrected chi connectivity index (χ3v) is 2.19. The van der Waals surface area contributed by atoms with Gasteiger partial charge < -0.3 is 4.74 Å². The van der Waals surface area contributed by atoms with Crippen LogP contribution in [0.2, 0.25) is 0 Å². The molecule has 0 saturated carbocycles. The Kier molecular flexibility index (Phi) is 4.75. The molecule has 0 spiro atoms. The van der Waals surface area contributed by atoms with E-state index in [9.17, 15) is 0 Å². The van der Waals surface area contributed by atoms with Crippen molar-refractivity contribution in [1.82, 2.24) is 5.43 Å². The van der Waals surface area contributed by atoms with Crippen LogP contribution in [-0.2, 0) is 4.74 Å². The molecule has 3 N–H and O–H groups in total. The molecule has 0 aromatic heterocycles. The molecule has 0 aliphatic heterocycles. The Morgan fingerprint density at radius 3 is 2.00 bits per heavy atom. The van der Waals surface area contributed by atoms with E-state index in [0.717, 1.165) is 6.42 Å². The fraction of sp³-hybridized carbons (Fsp3) is 1.00. The lowest BCUT2D eigenvalue weighted by atomic mass is 9.83. The van der Waals surface area contributed by atoms with Crippen molar-refractivity contribution < 1.29 is 4.74 Å². The van der Waals surface area contributed by atoms with Crippen molar-refractivity contribution in [1.29, 1.82) is 0 Å². The second kappa shape index (κ2) is 4.80. The maximum atomic E-state index is 5.48. The molecule has 74 valence electrons. The summed E-state index contributed by atoms with van der Waals surface area (Å²) in [5.41, 5.74) is 2.95. The van der Waals surface area contributed by atoms with Gasteiger partial charge in [-0.2, -0.15) is 0 Å². The van der Waals surface area contributed by atoms with Crippen LogP contribution < -0.4 is 11.3 Å². The topological polar surface area (TPSA) is 47.3 Å². The highest BCUT2D eigenvalue weighted by molar-refractivity contribution is 4.85. The normalized spacial score (nSPS) is 17.5. The number of hydrazine groups is 1. The summed E-state index contributed by atoms with van der Waals surface area (Å²) < 4.78 is 5.34. The van der Waals surface area contributed by atoms with Crippen LogP contribution >= 0.6 is 0 Å². The minimum Gasteiger partial charge on any atom is -0.380 e. The number of ether oxygens (including phenoxy) is 1. The molecule has 0 aromatic rings. The van der Waals surface area contributed by atoms with Gasteiger partial charge in [-0.05, 0) is 11.8 Å². The van der Waals surface area contributed by atoms with E-state index in [4.69, 9.17) is 10.6 Å². The van der Waals surface area contributed by atoms with Gasteiger partial charge in [0.05, 0.1) is 12.1 Å². The maximum absolute atomic E-state index is 5.48. The minimum absolute atomic E-state index is 0.130. The molecule has 0 aromatic carbocycles. The van der Waals surface area contributed by atoms with Crippen molar-refractivity contribution in [2.75, 3.05) is 7.11 Å². The van der Waals surface area contributed by atoms with Crippen molar-refractivity contribution >= 4 is 0 Å². The zero-order valence-corrected chi connectivity index (χ0v) is 8.85. The third-order valence-electron chi connectivity index (χ3n) is 2.19. The molecule has 12 heavy (non-hydrogen) atoms. The van der Waals surface area contributed by atoms with Crippen molar-refractivity contribution in [2.24, 2.45) is 11.3 Å². The number of nitrogens with two attached hydrogens (primary N) is 1. The molecule has 0 radical (unpaired) electrons. The Bertz CT molecular complexity index is 116. The smallest absolute Gasteiger partial charge is 0.0740 e. The first kappa shape index (κ1) is 11.9. The molecule has 0 aliphatic carbocycles. The van der Waals surface area contributed by atoms with E-state index in [0.29, 0.717) is 0 Å². The SMILES string of the molecule is CCC(OC)C(NN)C(C)(C)C. The van der Waals surface area contributed by atoms with E-state index in [1.165, 1.54) is 0 Å². The Morgan fingerprint density at radius 2 is 1.92 bits per heavy atom. The second-order valence-corrected chi connectivity index (χ2v) is 4.19. The molecular formula is C9H22N2O. The first-order valence-electron chi connectivity index (χ1n) is 4.46. The van der Waals surface area contributed by atoms with Crippen LogP contribution in [0.15, 0.2) is 0 Å². The lowest BCUT2D eigenvalue weighted by Gasteiger charge is -2.35. The number of hydrogen-bond donors (Lipinski definition) is 2. The van der Waals surface area contributed by atoms with Gasteiger partial charge >= 0.3 is 0 Å². The monoisotopic (exact) mass is 174 g/mol. The minimum atomic E-state index is 0.130. The van der Waals surface area contributed by atoms with Gasteiger partial charge in [0.15, 0.2) is 0 Å². The van der Waals surface area contributed by atoms with Crippen molar-refractivity contribution in [3.8, 4) is 0 Å². The lowest BCUT2D eigenvalue weighted by molar-refractivity contribution is 0.0266. The highest BCUT2D eigenvalue weighted by atomic mass is 16.5. The van der Waals surface area contributed by atoms with E-state index in [-0.39, 0.29) is 17.6 Å². The zero-order chi connectivity index (χ0) is 9.78. The average molecular weight is 174 g/mol. The molecule has 0 amide bonds. The number of nitrogens with one attached hydrogen (secondary N) is 1. The summed E-state index contributed by atoms with van der Waals surface area (Å²) >= 11 is 0. The van der Waals surface area contributed by atoms with Gasteiger partial charge in [0.1, 0.15) is 0 Å². The molecule has 3 nitrogen and oxygen atoms in total. The van der Waals surface area contributed by atoms with E-state index < -0.39 is 0 Å². The van der Waals surface area contributed by atoms with Gasteiger partial charge in [-0.1, -0.05) is 27.7 Å². The fourth-order valence-corrected chi connectivity index (χ4v) is 1.45. The fourth-order valence-electron chi connectivity index (χ4n) is 1.45. The maximum Gasteiger partial charge on any atom is 0.0740 e. The highest BCUT2D eigenvalue weighted by Gasteiger charge is 2.30. The van der Waals surface area contributed by atoms with Crippen LogP contribution in [0, 0.1) is 5.41 Å². The van der Waals surface area contributed by atoms with Gasteiger partial charge in [0.25, 0.3) is 0 Å². The van der Waals surface area contributed by atoms with E-state index in [1.807, 2.05) is 0 Å². The molecule has 0 rings (SSSR count). The predicted octanol–water partition coefficient (Wildman–Crippen LogP) is 1.29. The van der Waals surface area contributed by atoms with Crippen LogP contribution in [-0.4, -0.2) is 19.3 Å². The number of methoxy groups -OCH3 is 1. The molecule has 0 heterocycles. The lowest BCUT2D eigenvalue weighted by Crippen LogP contribution is -2.52. The van der Waals surface area contributed by atoms with Gasteiger partial charge in [-0.3, -0.25) is 11.3 Å². The molecular weight excluding hydrogens is 152 g/mol. The van der Waals surface area contributed by atoms with Crippen molar-refractivity contribution in [3.63, 3.8) is 0 Å². The Labute approximate surface area is 75.6 Å². The molecule has 0 fully saturated rings. The van der Waals surface area contributed by atoms with E-state index >= 15 is 0 Å². The van der Waals surface area contributed by atoms with E-state index in [1.54, 1.807) is 7.11 Å². The second-order valence-electron chi connectivity index (χ2n) is 4.19. The largest absolute Gasteiger partial charge is 0.380 e. The van der Waals surface area contributed by atoms with Gasteiger partial charge in [-0.25, -0.2) is 0 Å². The Morgan fingerprint density at radius 1 is 1.42 bits per heavy atom. The standard InChI is InChI=1S/C9H22N2O/c1-6-7(12-5)8(11-10)9(2,3)4/h7-8,11H,6,10H2,1-5H3. The molecule has 0 bridgehead atoms. The number of hydrogen-bond acceptors (Lipinski definition) is 3. The zero-order valence-electron chi connectivity index (χ0n) is 8.85. The summed E-state index contributed by atoms with van der Waals surface area (Å²) in [5.74, 6) is 5.48. The molecule has 0 aliphatic rings. The molecule has 3 heteroatoms. The van der Waals surface area contributed by atoms with Gasteiger partial charge in [0.2, 0.25) is 0 Å². The molecule has 0 saturated heterocycles. The summed E-state index contributed by atoms with van der Waals surface area (Å²) in [6, 6.07) is 0.201. The summed E-state index contributed by atoms with van der Waals surface area (Å²) in [6.45, 7) is 8.56. The summed E-state index contributed by atoms with van der Waals surface area (Å²) in [5, 5.41) is 0. The Hall–Kier alpha value is -0.120. The average Bonchev–Trinajstić information content (AvgIpc) is 1.97. The van der Waals surface area contributed by atoms with Crippen LogP contribution in [0.1, 0.15) is 34.1 Å². The first-order valence-corrected chi connectivity index (χ1v) is 4.46. The summed E-state index contributed by atoms with van der Waals surface area (Å²) in [4.78, 5) is 0. The van der Waals surface area contributed by atoms with Gasteiger partial charge in [-0.15, -0.1) is 0 Å². The first-order chi connectivity index (χ1) is 5.47. The van der Waals surface area contributed by atoms with Crippen LogP contribution in [0.4, 0.5) is 0 Å². The predicted molar refractivity (Wildman–Crippen MR) is 51.7 cm³/mol. The van der Waals surface area contributed by atoms with Crippen molar-refractivity contribution in [3.05, 3.63) is 0 Å². The summed E-state index contributed by atoms with van der Waals surface area (Å²) in [6.07, 6.45) is 1.16. The quantitative estimate of drug-likeness (QED) is 0.498. The molecule has 2 atom stereocenters. The molecule has 2 unspecified atom stereocenters. The van der Waals surface area contributed by atoms with Gasteiger partial charge in [0, 0.05) is 7.11 Å². The van der Waals surface area contributed by atoms with Crippen LogP contribution in [0.25, 0.3) is 0 Å². The summed E-state index contributed by atoms with van der Waals surface area (Å²) in [7, 11) is 1.73. The van der Waals surface area contributed by atoms with E-state index in [2.05, 4.69) is 33.1 Å². The number of rotatable bonds is 4. The Balaban J connectivity index is 4.31. The van der Waals surface area contributed by atoms with Crippen LogP contribution in [0.3, 0.4) is 0 Å².